The van der Waals surface area contributed by atoms with Gasteiger partial charge in [0.15, 0.2) is 0 Å². The number of nitrogens with one attached hydrogen (secondary N) is 2. The maximum Gasteiger partial charge on any atom is 0.224 e. The Morgan fingerprint density at radius 2 is 2.21 bits per heavy atom. The molecular formula is C15H23N3O. The molecule has 0 radical (unpaired) electrons. The number of para-hydroxylation sites is 1. The number of carbonyl (C=O) groups is 1. The number of hydrogen-bond acceptors (Lipinski definition) is 3. The monoisotopic (exact) mass is 261 g/mol. The molecule has 1 atom stereocenters. The van der Waals surface area contributed by atoms with Crippen LogP contribution in [0, 0.1) is 0 Å². The van der Waals surface area contributed by atoms with Gasteiger partial charge < -0.3 is 15.5 Å². The number of anilines is 1. The Morgan fingerprint density at radius 3 is 2.95 bits per heavy atom. The van der Waals surface area contributed by atoms with Crippen LogP contribution in [0.3, 0.4) is 0 Å². The van der Waals surface area contributed by atoms with E-state index in [1.54, 1.807) is 7.05 Å². The Kier molecular flexibility index (Phi) is 4.80. The number of piperidine rings is 1. The number of hydrogen-bond donors (Lipinski definition) is 2. The number of carbonyl (C=O) groups excluding carboxylic acids is 1. The predicted octanol–water partition coefficient (Wildman–Crippen LogP) is 1.48. The second-order valence-corrected chi connectivity index (χ2v) is 5.25. The minimum absolute atomic E-state index is 0.0509. The van der Waals surface area contributed by atoms with Crippen LogP contribution < -0.4 is 10.6 Å². The highest BCUT2D eigenvalue weighted by Gasteiger charge is 2.18. The Hall–Kier alpha value is -1.55. The molecule has 2 rings (SSSR count). The van der Waals surface area contributed by atoms with E-state index in [2.05, 4.69) is 28.6 Å². The Morgan fingerprint density at radius 1 is 1.42 bits per heavy atom. The topological polar surface area (TPSA) is 44.4 Å². The summed E-state index contributed by atoms with van der Waals surface area (Å²) in [5.41, 5.74) is 2.15. The van der Waals surface area contributed by atoms with Crippen LogP contribution >= 0.6 is 0 Å². The summed E-state index contributed by atoms with van der Waals surface area (Å²) in [6.07, 6.45) is 2.85. The highest BCUT2D eigenvalue weighted by atomic mass is 16.1. The number of nitrogens with zero attached hydrogens (tertiary/aromatic N) is 1. The molecule has 0 aromatic heterocycles. The summed E-state index contributed by atoms with van der Waals surface area (Å²) in [5.74, 6) is 0.0509. The van der Waals surface area contributed by atoms with E-state index in [1.165, 1.54) is 19.4 Å². The zero-order valence-corrected chi connectivity index (χ0v) is 11.8. The molecule has 0 saturated carbocycles. The number of benzene rings is 1. The largest absolute Gasteiger partial charge is 0.381 e. The van der Waals surface area contributed by atoms with Crippen molar-refractivity contribution < 1.29 is 4.79 Å². The maximum absolute atomic E-state index is 11.5. The molecule has 1 unspecified atom stereocenters. The van der Waals surface area contributed by atoms with Gasteiger partial charge in [0.05, 0.1) is 6.42 Å². The van der Waals surface area contributed by atoms with Crippen LogP contribution in [0.4, 0.5) is 5.69 Å². The fraction of sp³-hybridized carbons (Fsp3) is 0.533. The third-order valence-electron chi connectivity index (χ3n) is 3.63. The van der Waals surface area contributed by atoms with Crippen LogP contribution in [0.2, 0.25) is 0 Å². The van der Waals surface area contributed by atoms with Crippen LogP contribution in [0.5, 0.6) is 0 Å². The van der Waals surface area contributed by atoms with Crippen molar-refractivity contribution in [2.24, 2.45) is 0 Å². The molecule has 1 amide bonds. The molecule has 4 nitrogen and oxygen atoms in total. The van der Waals surface area contributed by atoms with Crippen LogP contribution in [0.1, 0.15) is 18.4 Å². The molecule has 1 fully saturated rings. The second-order valence-electron chi connectivity index (χ2n) is 5.25. The van der Waals surface area contributed by atoms with Crippen molar-refractivity contribution in [3.63, 3.8) is 0 Å². The van der Waals surface area contributed by atoms with Gasteiger partial charge in [-0.2, -0.15) is 0 Å². The van der Waals surface area contributed by atoms with Crippen LogP contribution in [-0.4, -0.2) is 44.0 Å². The summed E-state index contributed by atoms with van der Waals surface area (Å²) >= 11 is 0. The summed E-state index contributed by atoms with van der Waals surface area (Å²) < 4.78 is 0. The van der Waals surface area contributed by atoms with Crippen LogP contribution in [0.15, 0.2) is 24.3 Å². The van der Waals surface area contributed by atoms with Crippen molar-refractivity contribution in [1.29, 1.82) is 0 Å². The van der Waals surface area contributed by atoms with Gasteiger partial charge in [-0.05, 0) is 38.1 Å². The number of rotatable bonds is 4. The average molecular weight is 261 g/mol. The number of likely N-dealkylation sites (N-methyl/N-ethyl adjacent to an activating group) is 2. The summed E-state index contributed by atoms with van der Waals surface area (Å²) in [7, 11) is 3.83. The zero-order chi connectivity index (χ0) is 13.7. The van der Waals surface area contributed by atoms with E-state index in [0.717, 1.165) is 17.8 Å². The average Bonchev–Trinajstić information content (AvgIpc) is 2.41. The first-order valence-electron chi connectivity index (χ1n) is 6.92. The van der Waals surface area contributed by atoms with Crippen LogP contribution in [0.25, 0.3) is 0 Å². The van der Waals surface area contributed by atoms with Gasteiger partial charge in [-0.1, -0.05) is 18.2 Å². The lowest BCUT2D eigenvalue weighted by molar-refractivity contribution is -0.119. The molecule has 1 heterocycles. The fourth-order valence-corrected chi connectivity index (χ4v) is 2.58. The van der Waals surface area contributed by atoms with Crippen molar-refractivity contribution in [2.45, 2.75) is 25.3 Å². The molecule has 2 N–H and O–H groups in total. The molecule has 1 aliphatic rings. The summed E-state index contributed by atoms with van der Waals surface area (Å²) in [5, 5.41) is 6.26. The van der Waals surface area contributed by atoms with Gasteiger partial charge in [0.25, 0.3) is 0 Å². The van der Waals surface area contributed by atoms with Crippen molar-refractivity contribution in [2.75, 3.05) is 32.5 Å². The molecule has 0 spiro atoms. The molecule has 0 aliphatic carbocycles. The molecule has 104 valence electrons. The molecule has 1 aromatic rings. The van der Waals surface area contributed by atoms with Crippen LogP contribution in [-0.2, 0) is 11.2 Å². The standard InChI is InChI=1S/C15H23N3O/c1-16-15(19)10-12-6-3-4-8-14(12)17-13-7-5-9-18(2)11-13/h3-4,6,8,13,17H,5,7,9-11H2,1-2H3,(H,16,19). The summed E-state index contributed by atoms with van der Waals surface area (Å²) in [4.78, 5) is 13.9. The summed E-state index contributed by atoms with van der Waals surface area (Å²) in [6, 6.07) is 8.56. The third kappa shape index (κ3) is 3.96. The lowest BCUT2D eigenvalue weighted by atomic mass is 10.0. The molecule has 1 aliphatic heterocycles. The molecule has 19 heavy (non-hydrogen) atoms. The second kappa shape index (κ2) is 6.57. The maximum atomic E-state index is 11.5. The molecular weight excluding hydrogens is 238 g/mol. The summed E-state index contributed by atoms with van der Waals surface area (Å²) in [6.45, 7) is 2.24. The molecule has 1 saturated heterocycles. The van der Waals surface area contributed by atoms with E-state index in [4.69, 9.17) is 0 Å². The number of amides is 1. The fourth-order valence-electron chi connectivity index (χ4n) is 2.58. The normalized spacial score (nSPS) is 20.0. The third-order valence-corrected chi connectivity index (χ3v) is 3.63. The highest BCUT2D eigenvalue weighted by molar-refractivity contribution is 5.80. The first-order chi connectivity index (χ1) is 9.19. The SMILES string of the molecule is CNC(=O)Cc1ccccc1NC1CCCN(C)C1. The van der Waals surface area contributed by atoms with Gasteiger partial charge >= 0.3 is 0 Å². The number of likely N-dealkylation sites (tertiary alicyclic amines) is 1. The van der Waals surface area contributed by atoms with Gasteiger partial charge in [-0.15, -0.1) is 0 Å². The van der Waals surface area contributed by atoms with Gasteiger partial charge in [0, 0.05) is 25.3 Å². The van der Waals surface area contributed by atoms with Gasteiger partial charge in [0.2, 0.25) is 5.91 Å². The first kappa shape index (κ1) is 13.9. The minimum Gasteiger partial charge on any atom is -0.381 e. The quantitative estimate of drug-likeness (QED) is 0.863. The van der Waals surface area contributed by atoms with E-state index >= 15 is 0 Å². The lowest BCUT2D eigenvalue weighted by Crippen LogP contribution is -2.40. The van der Waals surface area contributed by atoms with E-state index in [-0.39, 0.29) is 5.91 Å². The predicted molar refractivity (Wildman–Crippen MR) is 78.4 cm³/mol. The lowest BCUT2D eigenvalue weighted by Gasteiger charge is -2.31. The van der Waals surface area contributed by atoms with Gasteiger partial charge in [0.1, 0.15) is 0 Å². The Balaban J connectivity index is 2.04. The molecule has 0 bridgehead atoms. The smallest absolute Gasteiger partial charge is 0.224 e. The van der Waals surface area contributed by atoms with E-state index in [9.17, 15) is 4.79 Å². The van der Waals surface area contributed by atoms with Gasteiger partial charge in [-0.25, -0.2) is 0 Å². The van der Waals surface area contributed by atoms with E-state index < -0.39 is 0 Å². The molecule has 4 heteroatoms. The highest BCUT2D eigenvalue weighted by Crippen LogP contribution is 2.20. The van der Waals surface area contributed by atoms with E-state index in [0.29, 0.717) is 12.5 Å². The van der Waals surface area contributed by atoms with Gasteiger partial charge in [-0.3, -0.25) is 4.79 Å². The zero-order valence-electron chi connectivity index (χ0n) is 11.8. The Labute approximate surface area is 115 Å². The van der Waals surface area contributed by atoms with E-state index in [1.807, 2.05) is 18.2 Å². The first-order valence-corrected chi connectivity index (χ1v) is 6.92. The minimum atomic E-state index is 0.0509. The van der Waals surface area contributed by atoms with Crippen molar-refractivity contribution in [1.82, 2.24) is 10.2 Å². The Bertz CT molecular complexity index is 433. The van der Waals surface area contributed by atoms with Crippen molar-refractivity contribution in [3.05, 3.63) is 29.8 Å². The molecule has 1 aromatic carbocycles. The van der Waals surface area contributed by atoms with Crippen molar-refractivity contribution in [3.8, 4) is 0 Å². The van der Waals surface area contributed by atoms with Crippen molar-refractivity contribution >= 4 is 11.6 Å².